The quantitative estimate of drug-likeness (QED) is 0.0570. The summed E-state index contributed by atoms with van der Waals surface area (Å²) >= 11 is 0. The van der Waals surface area contributed by atoms with Crippen LogP contribution in [0.1, 0.15) is 69.2 Å². The highest BCUT2D eigenvalue weighted by Gasteiger charge is 2.17. The van der Waals surface area contributed by atoms with Crippen molar-refractivity contribution in [2.24, 2.45) is 0 Å². The van der Waals surface area contributed by atoms with Crippen molar-refractivity contribution in [1.29, 1.82) is 0 Å². The van der Waals surface area contributed by atoms with Gasteiger partial charge in [-0.15, -0.1) is 0 Å². The van der Waals surface area contributed by atoms with Gasteiger partial charge < -0.3 is 18.6 Å². The number of carbonyl (C=O) groups excluding carboxylic acids is 3. The molecule has 0 saturated carbocycles. The number of fused-ring (bicyclic) bond motifs is 8. The molecule has 266 valence electrons. The third-order valence-corrected chi connectivity index (χ3v) is 9.69. The summed E-state index contributed by atoms with van der Waals surface area (Å²) in [5.41, 5.74) is 2.98. The minimum atomic E-state index is -0.598. The van der Waals surface area contributed by atoms with Crippen LogP contribution in [0, 0.1) is 0 Å². The fourth-order valence-electron chi connectivity index (χ4n) is 6.90. The molecule has 8 aromatic rings. The topological polar surface area (TPSA) is 92.0 Å². The molecule has 1 heterocycles. The first-order chi connectivity index (χ1) is 26.4. The summed E-state index contributed by atoms with van der Waals surface area (Å²) in [6, 6.07) is 39.7. The highest BCUT2D eigenvalue weighted by Crippen LogP contribution is 2.41. The van der Waals surface area contributed by atoms with Gasteiger partial charge in [-0.3, -0.25) is 0 Å². The van der Waals surface area contributed by atoms with Crippen molar-refractivity contribution in [3.63, 3.8) is 0 Å². The Kier molecular flexibility index (Phi) is 9.60. The van der Waals surface area contributed by atoms with Gasteiger partial charge in [0.05, 0.1) is 23.0 Å². The van der Waals surface area contributed by atoms with Crippen LogP contribution in [-0.2, 0) is 6.42 Å². The predicted octanol–water partition coefficient (Wildman–Crippen LogP) is 11.7. The number of rotatable bonds is 11. The molecule has 0 spiro atoms. The van der Waals surface area contributed by atoms with E-state index in [1.165, 1.54) is 49.1 Å². The van der Waals surface area contributed by atoms with Crippen LogP contribution in [0.2, 0.25) is 0 Å². The lowest BCUT2D eigenvalue weighted by Crippen LogP contribution is -2.11. The lowest BCUT2D eigenvalue weighted by atomic mass is 9.99. The van der Waals surface area contributed by atoms with Crippen LogP contribution in [0.4, 0.5) is 0 Å². The second-order valence-corrected chi connectivity index (χ2v) is 13.3. The Labute approximate surface area is 311 Å². The summed E-state index contributed by atoms with van der Waals surface area (Å²) in [5, 5.41) is 7.24. The first-order valence-corrected chi connectivity index (χ1v) is 18.1. The molecule has 0 radical (unpaired) electrons. The van der Waals surface area contributed by atoms with Crippen LogP contribution in [0.3, 0.4) is 0 Å². The zero-order valence-electron chi connectivity index (χ0n) is 29.7. The lowest BCUT2D eigenvalue weighted by Gasteiger charge is -2.10. The number of esters is 3. The standard InChI is InChI=1S/C47H36O7/c1-2-3-4-5-9-30-13-15-31(16-14-30)45(48)52-35-21-17-32(18-22-35)46(49)53-36-23-19-33(20-24-36)47(50)54-37-25-26-40-42(29-37)43-38-11-7-6-10-34(38)28-41(43)39-12-8-27-51-44(39)40/h6-8,10-29H,2-5,9H2,1H3. The number of ether oxygens (including phenoxy) is 3. The SMILES string of the molecule is CCCCCCc1ccc(C(=O)Oc2ccc(C(=O)Oc3ccc(C(=O)Oc4ccc5c(c4)c4c6ccccc6cc4c4cccoc54)cc3)cc2)cc1. The highest BCUT2D eigenvalue weighted by atomic mass is 16.5. The molecule has 0 aliphatic rings. The second-order valence-electron chi connectivity index (χ2n) is 13.3. The van der Waals surface area contributed by atoms with Gasteiger partial charge in [-0.2, -0.15) is 0 Å². The summed E-state index contributed by atoms with van der Waals surface area (Å²) in [4.78, 5) is 38.8. The van der Waals surface area contributed by atoms with Gasteiger partial charge in [0.1, 0.15) is 22.8 Å². The Balaban J connectivity index is 0.907. The third kappa shape index (κ3) is 7.04. The molecule has 0 unspecified atom stereocenters. The average molecular weight is 713 g/mol. The van der Waals surface area contributed by atoms with Crippen molar-refractivity contribution in [3.05, 3.63) is 162 Å². The summed E-state index contributed by atoms with van der Waals surface area (Å²) in [6.45, 7) is 2.19. The minimum Gasteiger partial charge on any atom is -0.464 e. The third-order valence-electron chi connectivity index (χ3n) is 9.69. The molecular formula is C47H36O7. The maximum Gasteiger partial charge on any atom is 0.343 e. The summed E-state index contributed by atoms with van der Waals surface area (Å²) in [7, 11) is 0. The summed E-state index contributed by atoms with van der Waals surface area (Å²) in [6.07, 6.45) is 7.41. The Morgan fingerprint density at radius 3 is 1.69 bits per heavy atom. The highest BCUT2D eigenvalue weighted by molar-refractivity contribution is 6.32. The van der Waals surface area contributed by atoms with Gasteiger partial charge in [-0.05, 0) is 142 Å². The van der Waals surface area contributed by atoms with Gasteiger partial charge in [0.15, 0.2) is 0 Å². The monoisotopic (exact) mass is 712 g/mol. The van der Waals surface area contributed by atoms with E-state index in [0.717, 1.165) is 56.1 Å². The number of hydrogen-bond donors (Lipinski definition) is 0. The van der Waals surface area contributed by atoms with E-state index in [1.807, 2.05) is 42.5 Å². The Bertz CT molecular complexity index is 2650. The maximum atomic E-state index is 13.2. The smallest absolute Gasteiger partial charge is 0.343 e. The number of aryl methyl sites for hydroxylation is 1. The van der Waals surface area contributed by atoms with Crippen molar-refractivity contribution in [3.8, 4) is 17.2 Å². The molecule has 0 atom stereocenters. The zero-order valence-corrected chi connectivity index (χ0v) is 29.7. The number of carbonyl (C=O) groups is 3. The van der Waals surface area contributed by atoms with E-state index in [-0.39, 0.29) is 11.3 Å². The van der Waals surface area contributed by atoms with Crippen molar-refractivity contribution >= 4 is 61.2 Å². The van der Waals surface area contributed by atoms with Crippen LogP contribution in [0.15, 0.2) is 144 Å². The van der Waals surface area contributed by atoms with Crippen molar-refractivity contribution < 1.29 is 33.0 Å². The fraction of sp³-hybridized carbons (Fsp3) is 0.128. The van der Waals surface area contributed by atoms with E-state index in [0.29, 0.717) is 22.6 Å². The molecule has 7 aromatic carbocycles. The van der Waals surface area contributed by atoms with Gasteiger partial charge in [-0.25, -0.2) is 14.4 Å². The van der Waals surface area contributed by atoms with Crippen molar-refractivity contribution in [1.82, 2.24) is 0 Å². The molecule has 0 aliphatic carbocycles. The largest absolute Gasteiger partial charge is 0.464 e. The van der Waals surface area contributed by atoms with E-state index in [2.05, 4.69) is 31.2 Å². The van der Waals surface area contributed by atoms with Gasteiger partial charge >= 0.3 is 17.9 Å². The van der Waals surface area contributed by atoms with E-state index in [9.17, 15) is 14.4 Å². The van der Waals surface area contributed by atoms with Crippen LogP contribution >= 0.6 is 0 Å². The van der Waals surface area contributed by atoms with Gasteiger partial charge in [0, 0.05) is 10.8 Å². The molecule has 7 heteroatoms. The van der Waals surface area contributed by atoms with E-state index >= 15 is 0 Å². The fourth-order valence-corrected chi connectivity index (χ4v) is 6.90. The summed E-state index contributed by atoms with van der Waals surface area (Å²) in [5.74, 6) is -0.660. The van der Waals surface area contributed by atoms with Crippen LogP contribution in [0.25, 0.3) is 43.3 Å². The second kappa shape index (κ2) is 15.1. The van der Waals surface area contributed by atoms with Crippen molar-refractivity contribution in [2.45, 2.75) is 39.0 Å². The van der Waals surface area contributed by atoms with E-state index < -0.39 is 17.9 Å². The maximum absolute atomic E-state index is 13.2. The van der Waals surface area contributed by atoms with Crippen LogP contribution in [0.5, 0.6) is 17.2 Å². The van der Waals surface area contributed by atoms with E-state index in [1.54, 1.807) is 48.7 Å². The number of unbranched alkanes of at least 4 members (excludes halogenated alkanes) is 3. The molecule has 0 aliphatic heterocycles. The Hall–Kier alpha value is -6.73. The molecule has 54 heavy (non-hydrogen) atoms. The van der Waals surface area contributed by atoms with Gasteiger partial charge in [0.25, 0.3) is 0 Å². The molecule has 7 nitrogen and oxygen atoms in total. The molecular weight excluding hydrogens is 677 g/mol. The predicted molar refractivity (Wildman–Crippen MR) is 211 cm³/mol. The lowest BCUT2D eigenvalue weighted by molar-refractivity contribution is 0.0725. The molecule has 0 amide bonds. The molecule has 0 N–H and O–H groups in total. The molecule has 0 fully saturated rings. The summed E-state index contributed by atoms with van der Waals surface area (Å²) < 4.78 is 22.9. The van der Waals surface area contributed by atoms with Crippen LogP contribution in [-0.4, -0.2) is 17.9 Å². The first-order valence-electron chi connectivity index (χ1n) is 18.1. The Morgan fingerprint density at radius 2 is 1.04 bits per heavy atom. The minimum absolute atomic E-state index is 0.257. The number of benzene rings is 6. The normalized spacial score (nSPS) is 11.3. The molecule has 8 rings (SSSR count). The molecule has 0 bridgehead atoms. The zero-order chi connectivity index (χ0) is 37.0. The van der Waals surface area contributed by atoms with Gasteiger partial charge in [-0.1, -0.05) is 62.6 Å². The van der Waals surface area contributed by atoms with E-state index in [4.69, 9.17) is 18.6 Å². The molecule has 1 aromatic heterocycles. The Morgan fingerprint density at radius 1 is 0.500 bits per heavy atom. The first kappa shape index (κ1) is 34.4. The number of hydrogen-bond acceptors (Lipinski definition) is 7. The average Bonchev–Trinajstić information content (AvgIpc) is 3.61. The van der Waals surface area contributed by atoms with Crippen LogP contribution < -0.4 is 14.2 Å². The molecule has 0 saturated heterocycles. The van der Waals surface area contributed by atoms with Crippen molar-refractivity contribution in [2.75, 3.05) is 0 Å². The van der Waals surface area contributed by atoms with Gasteiger partial charge in [0.2, 0.25) is 0 Å².